The molecule has 0 spiro atoms. The first-order chi connectivity index (χ1) is 7.90. The minimum Gasteiger partial charge on any atom is -0.506 e. The first-order valence-electron chi connectivity index (χ1n) is 5.39. The topological polar surface area (TPSA) is 86.8 Å². The van der Waals surface area contributed by atoms with Crippen molar-refractivity contribution < 1.29 is 15.0 Å². The molecule has 1 aromatic rings. The van der Waals surface area contributed by atoms with Crippen LogP contribution in [0.4, 0.5) is 5.69 Å². The normalized spacial score (nSPS) is 12.6. The van der Waals surface area contributed by atoms with Crippen molar-refractivity contribution in [3.05, 3.63) is 23.8 Å². The molecule has 0 aliphatic carbocycles. The second kappa shape index (κ2) is 5.54. The molecule has 94 valence electrons. The number of carbonyl (C=O) groups is 1. The van der Waals surface area contributed by atoms with E-state index in [9.17, 15) is 9.90 Å². The van der Waals surface area contributed by atoms with Crippen molar-refractivity contribution in [3.63, 3.8) is 0 Å². The third-order valence-corrected chi connectivity index (χ3v) is 2.76. The highest BCUT2D eigenvalue weighted by Crippen LogP contribution is 2.21. The van der Waals surface area contributed by atoms with E-state index in [0.29, 0.717) is 12.1 Å². The molecular formula is C12H18N2O3. The van der Waals surface area contributed by atoms with Gasteiger partial charge in [-0.1, -0.05) is 6.07 Å². The lowest BCUT2D eigenvalue weighted by molar-refractivity contribution is -0.138. The van der Waals surface area contributed by atoms with Gasteiger partial charge in [-0.3, -0.25) is 9.69 Å². The van der Waals surface area contributed by atoms with E-state index in [1.165, 1.54) is 0 Å². The molecule has 0 aromatic heterocycles. The van der Waals surface area contributed by atoms with E-state index in [4.69, 9.17) is 10.8 Å². The number of nitrogens with zero attached hydrogens (tertiary/aromatic N) is 1. The molecule has 0 heterocycles. The number of aromatic hydroxyl groups is 1. The molecule has 1 unspecified atom stereocenters. The Kier molecular flexibility index (Phi) is 4.34. The SMILES string of the molecule is CC(Cc1ccc(O)c(N)c1)N(C)CC(=O)O. The second-order valence-electron chi connectivity index (χ2n) is 4.26. The number of rotatable bonds is 5. The predicted molar refractivity (Wildman–Crippen MR) is 66.0 cm³/mol. The van der Waals surface area contributed by atoms with Gasteiger partial charge in [-0.15, -0.1) is 0 Å². The van der Waals surface area contributed by atoms with Gasteiger partial charge in [0.2, 0.25) is 0 Å². The number of carboxylic acid groups (broad SMARTS) is 1. The molecule has 0 bridgehead atoms. The van der Waals surface area contributed by atoms with Crippen molar-refractivity contribution in [1.82, 2.24) is 4.90 Å². The molecule has 1 atom stereocenters. The predicted octanol–water partition coefficient (Wildman–Crippen LogP) is 0.922. The molecule has 0 amide bonds. The number of likely N-dealkylation sites (N-methyl/N-ethyl adjacent to an activating group) is 1. The van der Waals surface area contributed by atoms with Gasteiger partial charge >= 0.3 is 5.97 Å². The van der Waals surface area contributed by atoms with E-state index in [2.05, 4.69) is 0 Å². The summed E-state index contributed by atoms with van der Waals surface area (Å²) in [6.45, 7) is 1.96. The molecule has 0 saturated heterocycles. The van der Waals surface area contributed by atoms with Crippen LogP contribution in [-0.4, -0.2) is 40.7 Å². The first kappa shape index (κ1) is 13.3. The monoisotopic (exact) mass is 238 g/mol. The van der Waals surface area contributed by atoms with Crippen molar-refractivity contribution in [3.8, 4) is 5.75 Å². The summed E-state index contributed by atoms with van der Waals surface area (Å²) in [4.78, 5) is 12.3. The quantitative estimate of drug-likeness (QED) is 0.524. The number of hydrogen-bond acceptors (Lipinski definition) is 4. The van der Waals surface area contributed by atoms with Crippen LogP contribution in [0.1, 0.15) is 12.5 Å². The summed E-state index contributed by atoms with van der Waals surface area (Å²) >= 11 is 0. The Morgan fingerprint density at radius 1 is 1.53 bits per heavy atom. The zero-order valence-corrected chi connectivity index (χ0v) is 10.1. The Labute approximate surface area is 100 Å². The van der Waals surface area contributed by atoms with Crippen LogP contribution in [0, 0.1) is 0 Å². The van der Waals surface area contributed by atoms with E-state index in [0.717, 1.165) is 5.56 Å². The van der Waals surface area contributed by atoms with Crippen LogP contribution >= 0.6 is 0 Å². The Morgan fingerprint density at radius 2 is 2.18 bits per heavy atom. The van der Waals surface area contributed by atoms with Crippen LogP contribution in [0.3, 0.4) is 0 Å². The second-order valence-corrected chi connectivity index (χ2v) is 4.26. The van der Waals surface area contributed by atoms with Crippen LogP contribution in [0.15, 0.2) is 18.2 Å². The first-order valence-corrected chi connectivity index (χ1v) is 5.39. The summed E-state index contributed by atoms with van der Waals surface area (Å²) in [5, 5.41) is 18.0. The molecule has 0 radical (unpaired) electrons. The lowest BCUT2D eigenvalue weighted by Crippen LogP contribution is -2.35. The highest BCUT2D eigenvalue weighted by Gasteiger charge is 2.13. The van der Waals surface area contributed by atoms with Gasteiger partial charge in [-0.05, 0) is 38.1 Å². The van der Waals surface area contributed by atoms with Gasteiger partial charge < -0.3 is 15.9 Å². The molecule has 1 rings (SSSR count). The summed E-state index contributed by atoms with van der Waals surface area (Å²) in [7, 11) is 1.77. The zero-order valence-electron chi connectivity index (χ0n) is 10.1. The summed E-state index contributed by atoms with van der Waals surface area (Å²) in [6.07, 6.45) is 0.689. The number of nitrogens with two attached hydrogens (primary N) is 1. The lowest BCUT2D eigenvalue weighted by Gasteiger charge is -2.23. The molecule has 5 heteroatoms. The fourth-order valence-electron chi connectivity index (χ4n) is 1.60. The van der Waals surface area contributed by atoms with E-state index in [1.807, 2.05) is 6.92 Å². The third kappa shape index (κ3) is 3.96. The molecule has 1 aromatic carbocycles. The summed E-state index contributed by atoms with van der Waals surface area (Å²) in [5.74, 6) is -0.773. The molecule has 0 aliphatic heterocycles. The maximum atomic E-state index is 10.6. The number of nitrogen functional groups attached to an aromatic ring is 1. The zero-order chi connectivity index (χ0) is 13.0. The van der Waals surface area contributed by atoms with Crippen molar-refractivity contribution in [2.45, 2.75) is 19.4 Å². The highest BCUT2D eigenvalue weighted by molar-refractivity contribution is 5.69. The van der Waals surface area contributed by atoms with Gasteiger partial charge in [0.05, 0.1) is 12.2 Å². The number of hydrogen-bond donors (Lipinski definition) is 3. The van der Waals surface area contributed by atoms with E-state index in [-0.39, 0.29) is 18.3 Å². The van der Waals surface area contributed by atoms with E-state index in [1.54, 1.807) is 30.1 Å². The Balaban J connectivity index is 2.64. The Hall–Kier alpha value is -1.75. The van der Waals surface area contributed by atoms with Crippen molar-refractivity contribution in [2.75, 3.05) is 19.3 Å². The van der Waals surface area contributed by atoms with Gasteiger partial charge in [0.25, 0.3) is 0 Å². The standard InChI is InChI=1S/C12H18N2O3/c1-8(14(2)7-12(16)17)5-9-3-4-11(15)10(13)6-9/h3-4,6,8,15H,5,7,13H2,1-2H3,(H,16,17). The fourth-order valence-corrected chi connectivity index (χ4v) is 1.60. The smallest absolute Gasteiger partial charge is 0.317 e. The van der Waals surface area contributed by atoms with Crippen LogP contribution in [0.25, 0.3) is 0 Å². The van der Waals surface area contributed by atoms with E-state index >= 15 is 0 Å². The largest absolute Gasteiger partial charge is 0.506 e. The number of anilines is 1. The molecule has 0 aliphatic rings. The van der Waals surface area contributed by atoms with Crippen molar-refractivity contribution in [1.29, 1.82) is 0 Å². The molecule has 0 fully saturated rings. The van der Waals surface area contributed by atoms with Gasteiger partial charge in [0.1, 0.15) is 5.75 Å². The van der Waals surface area contributed by atoms with Crippen LogP contribution < -0.4 is 5.73 Å². The number of carboxylic acids is 1. The molecule has 4 N–H and O–H groups in total. The molecule has 17 heavy (non-hydrogen) atoms. The minimum absolute atomic E-state index is 0.00866. The van der Waals surface area contributed by atoms with Gasteiger partial charge in [0.15, 0.2) is 0 Å². The maximum absolute atomic E-state index is 10.6. The van der Waals surface area contributed by atoms with Crippen LogP contribution in [0.5, 0.6) is 5.75 Å². The molecule has 0 saturated carbocycles. The van der Waals surface area contributed by atoms with Crippen LogP contribution in [0.2, 0.25) is 0 Å². The Bertz CT molecular complexity index is 407. The highest BCUT2D eigenvalue weighted by atomic mass is 16.4. The van der Waals surface area contributed by atoms with Crippen molar-refractivity contribution in [2.24, 2.45) is 0 Å². The summed E-state index contributed by atoms with van der Waals surface area (Å²) in [6, 6.07) is 5.14. The van der Waals surface area contributed by atoms with E-state index < -0.39 is 5.97 Å². The van der Waals surface area contributed by atoms with Gasteiger partial charge in [0, 0.05) is 6.04 Å². The third-order valence-electron chi connectivity index (χ3n) is 2.76. The summed E-state index contributed by atoms with van der Waals surface area (Å²) < 4.78 is 0. The fraction of sp³-hybridized carbons (Fsp3) is 0.417. The van der Waals surface area contributed by atoms with Gasteiger partial charge in [-0.25, -0.2) is 0 Å². The minimum atomic E-state index is -0.843. The molecular weight excluding hydrogens is 220 g/mol. The molecule has 5 nitrogen and oxygen atoms in total. The lowest BCUT2D eigenvalue weighted by atomic mass is 10.1. The average molecular weight is 238 g/mol. The van der Waals surface area contributed by atoms with Crippen molar-refractivity contribution >= 4 is 11.7 Å². The average Bonchev–Trinajstić information content (AvgIpc) is 2.22. The van der Waals surface area contributed by atoms with Gasteiger partial charge in [-0.2, -0.15) is 0 Å². The van der Waals surface area contributed by atoms with Crippen LogP contribution in [-0.2, 0) is 11.2 Å². The number of phenolic OH excluding ortho intramolecular Hbond substituents is 1. The number of aliphatic carboxylic acids is 1. The maximum Gasteiger partial charge on any atom is 0.317 e. The Morgan fingerprint density at radius 3 is 2.71 bits per heavy atom. The number of phenols is 1. The summed E-state index contributed by atoms with van der Waals surface area (Å²) in [5.41, 5.74) is 6.92. The number of benzene rings is 1.